The lowest BCUT2D eigenvalue weighted by molar-refractivity contribution is -0.131. The molecule has 2 unspecified atom stereocenters. The van der Waals surface area contributed by atoms with E-state index in [0.29, 0.717) is 18.6 Å². The largest absolute Gasteiger partial charge is 0.478 e. The van der Waals surface area contributed by atoms with Crippen LogP contribution in [0.15, 0.2) is 12.2 Å². The summed E-state index contributed by atoms with van der Waals surface area (Å²) < 4.78 is 5.56. The van der Waals surface area contributed by atoms with E-state index < -0.39 is 17.9 Å². The van der Waals surface area contributed by atoms with Gasteiger partial charge < -0.3 is 15.2 Å². The molecule has 0 spiro atoms. The highest BCUT2D eigenvalue weighted by atomic mass is 16.5. The molecule has 104 valence electrons. The summed E-state index contributed by atoms with van der Waals surface area (Å²) in [5.74, 6) is -1.49. The third-order valence-corrected chi connectivity index (χ3v) is 3.15. The molecule has 0 aromatic heterocycles. The highest BCUT2D eigenvalue weighted by Crippen LogP contribution is 2.38. The molecule has 1 saturated carbocycles. The van der Waals surface area contributed by atoms with E-state index in [4.69, 9.17) is 9.84 Å². The van der Waals surface area contributed by atoms with Crippen molar-refractivity contribution in [1.82, 2.24) is 10.6 Å². The van der Waals surface area contributed by atoms with Gasteiger partial charge in [-0.2, -0.15) is 0 Å². The summed E-state index contributed by atoms with van der Waals surface area (Å²) >= 11 is 0. The minimum atomic E-state index is -1.24. The molecule has 1 heterocycles. The van der Waals surface area contributed by atoms with Crippen molar-refractivity contribution >= 4 is 17.9 Å². The first-order valence-corrected chi connectivity index (χ1v) is 6.20. The molecule has 7 heteroatoms. The number of carbonyl (C=O) groups is 3. The maximum absolute atomic E-state index is 11.6. The zero-order chi connectivity index (χ0) is 13.8. The number of urea groups is 1. The first-order valence-electron chi connectivity index (χ1n) is 6.20. The van der Waals surface area contributed by atoms with Crippen LogP contribution in [-0.2, 0) is 14.3 Å². The molecule has 2 aliphatic rings. The van der Waals surface area contributed by atoms with Gasteiger partial charge in [-0.05, 0) is 25.2 Å². The number of rotatable bonds is 4. The molecule has 2 fully saturated rings. The molecule has 19 heavy (non-hydrogen) atoms. The zero-order valence-electron chi connectivity index (χ0n) is 10.3. The van der Waals surface area contributed by atoms with E-state index in [1.807, 2.05) is 5.32 Å². The van der Waals surface area contributed by atoms with Gasteiger partial charge in [0.15, 0.2) is 0 Å². The maximum atomic E-state index is 11.6. The Kier molecular flexibility index (Phi) is 4.16. The molecular formula is C12H16N2O5. The zero-order valence-corrected chi connectivity index (χ0v) is 10.3. The van der Waals surface area contributed by atoms with E-state index in [1.54, 1.807) is 0 Å². The number of carboxylic acids is 1. The summed E-state index contributed by atoms with van der Waals surface area (Å²) in [4.78, 5) is 33.0. The number of carboxylic acid groups (broad SMARTS) is 1. The Morgan fingerprint density at radius 1 is 1.16 bits per heavy atom. The second-order valence-electron chi connectivity index (χ2n) is 4.70. The lowest BCUT2D eigenvalue weighted by atomic mass is 10.1. The first kappa shape index (κ1) is 13.5. The van der Waals surface area contributed by atoms with Crippen LogP contribution in [0, 0.1) is 5.92 Å². The van der Waals surface area contributed by atoms with Gasteiger partial charge in [0.2, 0.25) is 0 Å². The van der Waals surface area contributed by atoms with E-state index >= 15 is 0 Å². The molecule has 0 radical (unpaired) electrons. The van der Waals surface area contributed by atoms with Crippen LogP contribution in [0.5, 0.6) is 0 Å². The van der Waals surface area contributed by atoms with Crippen molar-refractivity contribution in [1.29, 1.82) is 0 Å². The molecule has 2 rings (SSSR count). The standard InChI is InChI=1S/C12H16N2O5/c15-9(3-4-10(16)17)14-12(18)13-8-5-6-19-11(8)7-1-2-7/h3-4,7-8,11H,1-2,5-6H2,(H,16,17)(H2,13,14,15,18)/b4-3+. The van der Waals surface area contributed by atoms with Crippen LogP contribution >= 0.6 is 0 Å². The summed E-state index contributed by atoms with van der Waals surface area (Å²) in [7, 11) is 0. The van der Waals surface area contributed by atoms with Crippen molar-refractivity contribution in [3.8, 4) is 0 Å². The number of imide groups is 1. The quantitative estimate of drug-likeness (QED) is 0.623. The van der Waals surface area contributed by atoms with Gasteiger partial charge in [-0.1, -0.05) is 0 Å². The van der Waals surface area contributed by atoms with Crippen LogP contribution < -0.4 is 10.6 Å². The highest BCUT2D eigenvalue weighted by molar-refractivity contribution is 6.02. The van der Waals surface area contributed by atoms with Crippen molar-refractivity contribution in [2.45, 2.75) is 31.4 Å². The fourth-order valence-corrected chi connectivity index (χ4v) is 2.16. The number of carbonyl (C=O) groups excluding carboxylic acids is 2. The van der Waals surface area contributed by atoms with Gasteiger partial charge in [-0.25, -0.2) is 9.59 Å². The lowest BCUT2D eigenvalue weighted by Gasteiger charge is -2.19. The monoisotopic (exact) mass is 268 g/mol. The number of hydrogen-bond acceptors (Lipinski definition) is 4. The summed E-state index contributed by atoms with van der Waals surface area (Å²) in [5.41, 5.74) is 0. The van der Waals surface area contributed by atoms with Gasteiger partial charge in [0, 0.05) is 18.8 Å². The molecular weight excluding hydrogens is 252 g/mol. The van der Waals surface area contributed by atoms with E-state index in [1.165, 1.54) is 0 Å². The molecule has 7 nitrogen and oxygen atoms in total. The van der Waals surface area contributed by atoms with Crippen molar-refractivity contribution in [2.24, 2.45) is 5.92 Å². The van der Waals surface area contributed by atoms with Crippen molar-refractivity contribution in [3.63, 3.8) is 0 Å². The fourth-order valence-electron chi connectivity index (χ4n) is 2.16. The average Bonchev–Trinajstić information content (AvgIpc) is 3.08. The third kappa shape index (κ3) is 4.06. The van der Waals surface area contributed by atoms with Crippen molar-refractivity contribution in [2.75, 3.05) is 6.61 Å². The molecule has 1 aliphatic carbocycles. The number of amides is 3. The summed E-state index contributed by atoms with van der Waals surface area (Å²) in [6, 6.07) is -0.704. The smallest absolute Gasteiger partial charge is 0.328 e. The Hall–Kier alpha value is -1.89. The predicted octanol–water partition coefficient (Wildman–Crippen LogP) is 0.0205. The SMILES string of the molecule is O=C(O)/C=C/C(=O)NC(=O)NC1CCOC1C1CC1. The second kappa shape index (κ2) is 5.83. The van der Waals surface area contributed by atoms with Crippen LogP contribution in [0.1, 0.15) is 19.3 Å². The van der Waals surface area contributed by atoms with Gasteiger partial charge >= 0.3 is 12.0 Å². The van der Waals surface area contributed by atoms with E-state index in [9.17, 15) is 14.4 Å². The minimum absolute atomic E-state index is 0.0374. The van der Waals surface area contributed by atoms with Crippen molar-refractivity contribution in [3.05, 3.63) is 12.2 Å². The minimum Gasteiger partial charge on any atom is -0.478 e. The van der Waals surface area contributed by atoms with Gasteiger partial charge in [0.05, 0.1) is 12.1 Å². The van der Waals surface area contributed by atoms with Crippen LogP contribution in [0.4, 0.5) is 4.79 Å². The Morgan fingerprint density at radius 2 is 1.89 bits per heavy atom. The Morgan fingerprint density at radius 3 is 2.53 bits per heavy atom. The number of aliphatic carboxylic acids is 1. The third-order valence-electron chi connectivity index (χ3n) is 3.15. The molecule has 1 aliphatic heterocycles. The van der Waals surface area contributed by atoms with Crippen LogP contribution in [0.25, 0.3) is 0 Å². The van der Waals surface area contributed by atoms with Gasteiger partial charge in [0.1, 0.15) is 0 Å². The van der Waals surface area contributed by atoms with E-state index in [2.05, 4.69) is 5.32 Å². The Bertz CT molecular complexity index is 416. The number of ether oxygens (including phenoxy) is 1. The Balaban J connectivity index is 1.77. The van der Waals surface area contributed by atoms with Crippen LogP contribution in [-0.4, -0.2) is 41.8 Å². The van der Waals surface area contributed by atoms with E-state index in [0.717, 1.165) is 25.3 Å². The van der Waals surface area contributed by atoms with Crippen LogP contribution in [0.3, 0.4) is 0 Å². The molecule has 1 saturated heterocycles. The number of hydrogen-bond donors (Lipinski definition) is 3. The van der Waals surface area contributed by atoms with Gasteiger partial charge in [-0.15, -0.1) is 0 Å². The predicted molar refractivity (Wildman–Crippen MR) is 64.3 cm³/mol. The molecule has 0 aromatic rings. The second-order valence-corrected chi connectivity index (χ2v) is 4.70. The molecule has 2 atom stereocenters. The average molecular weight is 268 g/mol. The number of nitrogens with one attached hydrogen (secondary N) is 2. The molecule has 0 aromatic carbocycles. The molecule has 3 N–H and O–H groups in total. The van der Waals surface area contributed by atoms with Crippen molar-refractivity contribution < 1.29 is 24.2 Å². The highest BCUT2D eigenvalue weighted by Gasteiger charge is 2.41. The normalized spacial score (nSPS) is 26.3. The summed E-state index contributed by atoms with van der Waals surface area (Å²) in [6.45, 7) is 0.610. The summed E-state index contributed by atoms with van der Waals surface area (Å²) in [6.07, 6.45) is 4.47. The topological polar surface area (TPSA) is 105 Å². The fraction of sp³-hybridized carbons (Fsp3) is 0.583. The maximum Gasteiger partial charge on any atom is 0.328 e. The summed E-state index contributed by atoms with van der Waals surface area (Å²) in [5, 5.41) is 13.1. The first-order chi connectivity index (χ1) is 9.06. The molecule has 0 bridgehead atoms. The molecule has 3 amide bonds. The van der Waals surface area contributed by atoms with E-state index in [-0.39, 0.29) is 12.1 Å². The van der Waals surface area contributed by atoms with Crippen LogP contribution in [0.2, 0.25) is 0 Å². The van der Waals surface area contributed by atoms with Gasteiger partial charge in [-0.3, -0.25) is 10.1 Å². The Labute approximate surface area is 110 Å². The lowest BCUT2D eigenvalue weighted by Crippen LogP contribution is -2.47. The van der Waals surface area contributed by atoms with Gasteiger partial charge in [0.25, 0.3) is 5.91 Å².